The van der Waals surface area contributed by atoms with Crippen molar-refractivity contribution in [1.82, 2.24) is 14.9 Å². The molecule has 0 amide bonds. The molecule has 0 aliphatic carbocycles. The number of benzene rings is 1. The van der Waals surface area contributed by atoms with Gasteiger partial charge in [-0.1, -0.05) is 49.4 Å². The minimum Gasteiger partial charge on any atom is -0.353 e. The fourth-order valence-electron chi connectivity index (χ4n) is 3.51. The third-order valence-electron chi connectivity index (χ3n) is 5.00. The summed E-state index contributed by atoms with van der Waals surface area (Å²) in [6.07, 6.45) is 5.36. The van der Waals surface area contributed by atoms with Crippen LogP contribution in [0.3, 0.4) is 0 Å². The van der Waals surface area contributed by atoms with E-state index in [9.17, 15) is 0 Å². The molecule has 1 saturated heterocycles. The van der Waals surface area contributed by atoms with Gasteiger partial charge >= 0.3 is 0 Å². The molecule has 140 valence electrons. The number of aryl methyl sites for hydroxylation is 2. The number of hydrogen-bond acceptors (Lipinski definition) is 5. The summed E-state index contributed by atoms with van der Waals surface area (Å²) in [4.78, 5) is 17.0. The average Bonchev–Trinajstić information content (AvgIpc) is 3.08. The van der Waals surface area contributed by atoms with E-state index in [0.717, 1.165) is 55.6 Å². The van der Waals surface area contributed by atoms with Crippen LogP contribution in [-0.4, -0.2) is 47.6 Å². The number of anilines is 1. The zero-order chi connectivity index (χ0) is 18.6. The highest BCUT2D eigenvalue weighted by atomic mass is 32.1. The summed E-state index contributed by atoms with van der Waals surface area (Å²) in [5.41, 5.74) is 1.26. The smallest absolute Gasteiger partial charge is 0.141 e. The standard InChI is InChI=1S/C22H26N4S/c1-3-20-23-21(19-16-17(2)27-22(19)24-20)26-14-12-25(13-15-26)11-7-10-18-8-5-4-6-9-18/h4-10,16H,3,11-15H2,1-2H3/b10-7+. The summed E-state index contributed by atoms with van der Waals surface area (Å²) in [6, 6.07) is 12.7. The van der Waals surface area contributed by atoms with Crippen molar-refractivity contribution in [3.8, 4) is 0 Å². The molecular weight excluding hydrogens is 352 g/mol. The summed E-state index contributed by atoms with van der Waals surface area (Å²) >= 11 is 1.77. The van der Waals surface area contributed by atoms with Gasteiger partial charge in [-0.3, -0.25) is 4.90 Å². The lowest BCUT2D eigenvalue weighted by atomic mass is 10.2. The van der Waals surface area contributed by atoms with Gasteiger partial charge in [0.05, 0.1) is 5.39 Å². The molecule has 1 aliphatic rings. The maximum Gasteiger partial charge on any atom is 0.141 e. The molecule has 5 heteroatoms. The SMILES string of the molecule is CCc1nc(N2CCN(C/C=C/c3ccccc3)CC2)c2cc(C)sc2n1. The summed E-state index contributed by atoms with van der Waals surface area (Å²) in [5, 5.41) is 1.21. The van der Waals surface area contributed by atoms with E-state index < -0.39 is 0 Å². The molecule has 1 aliphatic heterocycles. The van der Waals surface area contributed by atoms with Crippen molar-refractivity contribution in [2.24, 2.45) is 0 Å². The number of hydrogen-bond donors (Lipinski definition) is 0. The predicted molar refractivity (Wildman–Crippen MR) is 116 cm³/mol. The van der Waals surface area contributed by atoms with Crippen LogP contribution in [0.25, 0.3) is 16.3 Å². The van der Waals surface area contributed by atoms with E-state index in [1.165, 1.54) is 15.8 Å². The molecule has 3 aromatic rings. The molecule has 2 aromatic heterocycles. The molecular formula is C22H26N4S. The number of aromatic nitrogens is 2. The minimum absolute atomic E-state index is 0.879. The quantitative estimate of drug-likeness (QED) is 0.659. The third-order valence-corrected chi connectivity index (χ3v) is 5.95. The van der Waals surface area contributed by atoms with Crippen molar-refractivity contribution in [2.45, 2.75) is 20.3 Å². The van der Waals surface area contributed by atoms with Gasteiger partial charge in [-0.05, 0) is 18.6 Å². The Balaban J connectivity index is 1.42. The van der Waals surface area contributed by atoms with Crippen molar-refractivity contribution in [3.63, 3.8) is 0 Å². The Morgan fingerprint density at radius 2 is 1.85 bits per heavy atom. The molecule has 0 spiro atoms. The van der Waals surface area contributed by atoms with Gasteiger partial charge in [-0.25, -0.2) is 9.97 Å². The van der Waals surface area contributed by atoms with Crippen LogP contribution in [-0.2, 0) is 6.42 Å². The Hall–Kier alpha value is -2.24. The van der Waals surface area contributed by atoms with Crippen LogP contribution in [0.5, 0.6) is 0 Å². The lowest BCUT2D eigenvalue weighted by Gasteiger charge is -2.35. The first-order chi connectivity index (χ1) is 13.2. The number of fused-ring (bicyclic) bond motifs is 1. The van der Waals surface area contributed by atoms with E-state index in [2.05, 4.69) is 72.2 Å². The van der Waals surface area contributed by atoms with Gasteiger partial charge in [0.1, 0.15) is 16.5 Å². The minimum atomic E-state index is 0.879. The largest absolute Gasteiger partial charge is 0.353 e. The predicted octanol–water partition coefficient (Wildman–Crippen LogP) is 4.40. The van der Waals surface area contributed by atoms with Crippen LogP contribution < -0.4 is 4.90 Å². The highest BCUT2D eigenvalue weighted by Crippen LogP contribution is 2.31. The molecule has 0 saturated carbocycles. The second-order valence-electron chi connectivity index (χ2n) is 6.99. The van der Waals surface area contributed by atoms with E-state index in [1.54, 1.807) is 11.3 Å². The molecule has 0 atom stereocenters. The van der Waals surface area contributed by atoms with Crippen LogP contribution in [0.2, 0.25) is 0 Å². The fraction of sp³-hybridized carbons (Fsp3) is 0.364. The lowest BCUT2D eigenvalue weighted by Crippen LogP contribution is -2.46. The van der Waals surface area contributed by atoms with E-state index in [1.807, 2.05) is 0 Å². The number of piperazine rings is 1. The summed E-state index contributed by atoms with van der Waals surface area (Å²) in [5.74, 6) is 2.08. The molecule has 3 heterocycles. The molecule has 0 radical (unpaired) electrons. The number of thiophene rings is 1. The second-order valence-corrected chi connectivity index (χ2v) is 8.23. The molecule has 0 bridgehead atoms. The van der Waals surface area contributed by atoms with E-state index in [4.69, 9.17) is 9.97 Å². The van der Waals surface area contributed by atoms with Crippen molar-refractivity contribution >= 4 is 33.4 Å². The Bertz CT molecular complexity index is 924. The molecule has 27 heavy (non-hydrogen) atoms. The number of rotatable bonds is 5. The van der Waals surface area contributed by atoms with E-state index in [-0.39, 0.29) is 0 Å². The number of nitrogens with zero attached hydrogens (tertiary/aromatic N) is 4. The molecule has 4 rings (SSSR count). The zero-order valence-corrected chi connectivity index (χ0v) is 16.9. The van der Waals surface area contributed by atoms with E-state index in [0.29, 0.717) is 0 Å². The maximum absolute atomic E-state index is 4.87. The molecule has 4 nitrogen and oxygen atoms in total. The van der Waals surface area contributed by atoms with Gasteiger partial charge in [-0.2, -0.15) is 0 Å². The van der Waals surface area contributed by atoms with Gasteiger partial charge < -0.3 is 4.90 Å². The first kappa shape index (κ1) is 18.1. The van der Waals surface area contributed by atoms with Crippen molar-refractivity contribution < 1.29 is 0 Å². The highest BCUT2D eigenvalue weighted by molar-refractivity contribution is 7.18. The van der Waals surface area contributed by atoms with Crippen molar-refractivity contribution in [3.05, 3.63) is 58.7 Å². The topological polar surface area (TPSA) is 32.3 Å². The Labute approximate surface area is 165 Å². The van der Waals surface area contributed by atoms with Gasteiger partial charge in [-0.15, -0.1) is 11.3 Å². The van der Waals surface area contributed by atoms with Gasteiger partial charge in [0, 0.05) is 44.0 Å². The van der Waals surface area contributed by atoms with Gasteiger partial charge in [0.2, 0.25) is 0 Å². The zero-order valence-electron chi connectivity index (χ0n) is 16.1. The van der Waals surface area contributed by atoms with Gasteiger partial charge in [0.15, 0.2) is 0 Å². The summed E-state index contributed by atoms with van der Waals surface area (Å²) < 4.78 is 0. The summed E-state index contributed by atoms with van der Waals surface area (Å²) in [6.45, 7) is 9.44. The molecule has 0 unspecified atom stereocenters. The Morgan fingerprint density at radius 1 is 1.07 bits per heavy atom. The maximum atomic E-state index is 4.87. The van der Waals surface area contributed by atoms with Gasteiger partial charge in [0.25, 0.3) is 0 Å². The monoisotopic (exact) mass is 378 g/mol. The van der Waals surface area contributed by atoms with Crippen molar-refractivity contribution in [2.75, 3.05) is 37.6 Å². The van der Waals surface area contributed by atoms with Crippen LogP contribution >= 0.6 is 11.3 Å². The van der Waals surface area contributed by atoms with Crippen LogP contribution in [0, 0.1) is 6.92 Å². The molecule has 1 fully saturated rings. The first-order valence-corrected chi connectivity index (χ1v) is 10.5. The third kappa shape index (κ3) is 4.20. The molecule has 0 N–H and O–H groups in total. The lowest BCUT2D eigenvalue weighted by molar-refractivity contribution is 0.284. The summed E-state index contributed by atoms with van der Waals surface area (Å²) in [7, 11) is 0. The highest BCUT2D eigenvalue weighted by Gasteiger charge is 2.21. The van der Waals surface area contributed by atoms with Crippen molar-refractivity contribution in [1.29, 1.82) is 0 Å². The Morgan fingerprint density at radius 3 is 2.59 bits per heavy atom. The fourth-order valence-corrected chi connectivity index (χ4v) is 4.41. The van der Waals surface area contributed by atoms with Crippen LogP contribution in [0.1, 0.15) is 23.2 Å². The van der Waals surface area contributed by atoms with E-state index >= 15 is 0 Å². The normalized spacial score (nSPS) is 15.9. The Kier molecular flexibility index (Phi) is 5.50. The average molecular weight is 379 g/mol. The van der Waals surface area contributed by atoms with Crippen LogP contribution in [0.4, 0.5) is 5.82 Å². The second kappa shape index (κ2) is 8.19. The van der Waals surface area contributed by atoms with Crippen LogP contribution in [0.15, 0.2) is 42.5 Å². The first-order valence-electron chi connectivity index (χ1n) is 9.69. The molecule has 1 aromatic carbocycles.